The maximum atomic E-state index is 13.5. The summed E-state index contributed by atoms with van der Waals surface area (Å²) in [6, 6.07) is 13.2. The van der Waals surface area contributed by atoms with E-state index in [1.54, 1.807) is 40.9 Å². The molecule has 6 nitrogen and oxygen atoms in total. The number of amides is 2. The molecule has 174 valence electrons. The van der Waals surface area contributed by atoms with Crippen LogP contribution in [0.5, 0.6) is 0 Å². The predicted molar refractivity (Wildman–Crippen MR) is 133 cm³/mol. The highest BCUT2D eigenvalue weighted by Gasteiger charge is 2.33. The van der Waals surface area contributed by atoms with Crippen molar-refractivity contribution in [3.63, 3.8) is 0 Å². The number of aryl methyl sites for hydroxylation is 2. The minimum absolute atomic E-state index is 0.158. The van der Waals surface area contributed by atoms with E-state index < -0.39 is 0 Å². The lowest BCUT2D eigenvalue weighted by Gasteiger charge is -2.24. The number of hydrogen-bond donors (Lipinski definition) is 1. The fourth-order valence-electron chi connectivity index (χ4n) is 4.07. The van der Waals surface area contributed by atoms with Crippen molar-refractivity contribution in [2.75, 3.05) is 18.2 Å². The van der Waals surface area contributed by atoms with E-state index in [4.69, 9.17) is 4.42 Å². The van der Waals surface area contributed by atoms with Crippen LogP contribution in [0.2, 0.25) is 0 Å². The molecule has 5 rings (SSSR count). The number of hydrogen-bond acceptors (Lipinski definition) is 6. The Bertz CT molecular complexity index is 1380. The van der Waals surface area contributed by atoms with E-state index in [9.17, 15) is 14.0 Å². The van der Waals surface area contributed by atoms with E-state index in [0.29, 0.717) is 29.3 Å². The number of nitrogens with zero attached hydrogens (tertiary/aromatic N) is 2. The van der Waals surface area contributed by atoms with E-state index >= 15 is 0 Å². The van der Waals surface area contributed by atoms with Gasteiger partial charge >= 0.3 is 0 Å². The third-order valence-electron chi connectivity index (χ3n) is 5.71. The minimum atomic E-state index is -0.328. The van der Waals surface area contributed by atoms with Crippen molar-refractivity contribution >= 4 is 45.9 Å². The van der Waals surface area contributed by atoms with Gasteiger partial charge in [0.1, 0.15) is 22.9 Å². The van der Waals surface area contributed by atoms with Gasteiger partial charge in [0, 0.05) is 17.7 Å². The number of rotatable bonds is 5. The van der Waals surface area contributed by atoms with Crippen molar-refractivity contribution in [1.29, 1.82) is 0 Å². The highest BCUT2D eigenvalue weighted by Crippen LogP contribution is 2.33. The van der Waals surface area contributed by atoms with Gasteiger partial charge < -0.3 is 14.6 Å². The van der Waals surface area contributed by atoms with Gasteiger partial charge in [-0.1, -0.05) is 18.2 Å². The van der Waals surface area contributed by atoms with Crippen LogP contribution in [0.25, 0.3) is 21.4 Å². The molecule has 0 unspecified atom stereocenters. The fourth-order valence-corrected chi connectivity index (χ4v) is 6.19. The van der Waals surface area contributed by atoms with Crippen molar-refractivity contribution < 1.29 is 18.4 Å². The van der Waals surface area contributed by atoms with Gasteiger partial charge in [-0.25, -0.2) is 9.37 Å². The largest absolute Gasteiger partial charge is 0.461 e. The first-order valence-corrected chi connectivity index (χ1v) is 12.8. The second kappa shape index (κ2) is 9.23. The summed E-state index contributed by atoms with van der Waals surface area (Å²) >= 11 is 3.06. The lowest BCUT2D eigenvalue weighted by Crippen LogP contribution is -2.44. The van der Waals surface area contributed by atoms with E-state index in [1.165, 1.54) is 23.5 Å². The average molecular weight is 496 g/mol. The van der Waals surface area contributed by atoms with Gasteiger partial charge in [0.15, 0.2) is 0 Å². The minimum Gasteiger partial charge on any atom is -0.461 e. The smallest absolute Gasteiger partial charge is 0.275 e. The molecule has 1 aliphatic heterocycles. The van der Waals surface area contributed by atoms with Gasteiger partial charge in [-0.05, 0) is 49.7 Å². The molecule has 1 atom stereocenters. The Balaban J connectivity index is 1.33. The lowest BCUT2D eigenvalue weighted by molar-refractivity contribution is 0.0732. The first-order valence-electron chi connectivity index (χ1n) is 10.8. The summed E-state index contributed by atoms with van der Waals surface area (Å²) < 4.78 is 19.0. The van der Waals surface area contributed by atoms with E-state index in [0.717, 1.165) is 32.3 Å². The standard InChI is InChI=1S/C25H22FN3O3S2/c1-14-10-20-19(4-3-5-21(20)32-14)24(30)27-11-18-12-33-13-29(18)25(31)22-23(34-15(2)28-22)16-6-8-17(26)9-7-16/h3-10,18H,11-13H2,1-2H3,(H,27,30)/t18-/m1/s1. The van der Waals surface area contributed by atoms with Crippen molar-refractivity contribution in [3.05, 3.63) is 76.4 Å². The van der Waals surface area contributed by atoms with Crippen LogP contribution in [0.1, 0.15) is 31.6 Å². The molecular weight excluding hydrogens is 473 g/mol. The van der Waals surface area contributed by atoms with Crippen molar-refractivity contribution in [2.45, 2.75) is 19.9 Å². The molecule has 1 N–H and O–H groups in total. The molecular formula is C25H22FN3O3S2. The third-order valence-corrected chi connectivity index (χ3v) is 7.81. The first kappa shape index (κ1) is 22.6. The Kier molecular flexibility index (Phi) is 6.14. The number of furan rings is 1. The van der Waals surface area contributed by atoms with Crippen LogP contribution in [0, 0.1) is 19.7 Å². The number of thioether (sulfide) groups is 1. The maximum absolute atomic E-state index is 13.5. The first-order chi connectivity index (χ1) is 16.4. The van der Waals surface area contributed by atoms with Gasteiger partial charge in [0.05, 0.1) is 27.4 Å². The molecule has 2 aromatic carbocycles. The number of fused-ring (bicyclic) bond motifs is 1. The number of thiazole rings is 1. The summed E-state index contributed by atoms with van der Waals surface area (Å²) in [6.07, 6.45) is 0. The SMILES string of the molecule is Cc1cc2c(C(=O)NC[C@@H]3CSCN3C(=O)c3nc(C)sc3-c3ccc(F)cc3)cccc2o1. The quantitative estimate of drug-likeness (QED) is 0.409. The van der Waals surface area contributed by atoms with Gasteiger partial charge in [0.25, 0.3) is 11.8 Å². The Morgan fingerprint density at radius 2 is 2.00 bits per heavy atom. The Morgan fingerprint density at radius 3 is 2.79 bits per heavy atom. The summed E-state index contributed by atoms with van der Waals surface area (Å²) in [6.45, 7) is 4.03. The summed E-state index contributed by atoms with van der Waals surface area (Å²) in [5, 5.41) is 4.53. The molecule has 4 aromatic rings. The zero-order valence-electron chi connectivity index (χ0n) is 18.6. The molecule has 0 aliphatic carbocycles. The number of carbonyl (C=O) groups excluding carboxylic acids is 2. The lowest BCUT2D eigenvalue weighted by atomic mass is 10.1. The number of aromatic nitrogens is 1. The van der Waals surface area contributed by atoms with Crippen molar-refractivity contribution in [1.82, 2.24) is 15.2 Å². The van der Waals surface area contributed by atoms with Crippen LogP contribution in [-0.2, 0) is 0 Å². The van der Waals surface area contributed by atoms with Gasteiger partial charge in [-0.3, -0.25) is 9.59 Å². The van der Waals surface area contributed by atoms with Gasteiger partial charge in [-0.2, -0.15) is 0 Å². The van der Waals surface area contributed by atoms with Crippen molar-refractivity contribution in [3.8, 4) is 10.4 Å². The molecule has 1 saturated heterocycles. The second-order valence-electron chi connectivity index (χ2n) is 8.13. The Labute approximate surface area is 204 Å². The fraction of sp³-hybridized carbons (Fsp3) is 0.240. The Morgan fingerprint density at radius 1 is 1.21 bits per heavy atom. The van der Waals surface area contributed by atoms with E-state index in [-0.39, 0.29) is 23.7 Å². The zero-order chi connectivity index (χ0) is 23.8. The highest BCUT2D eigenvalue weighted by atomic mass is 32.2. The molecule has 34 heavy (non-hydrogen) atoms. The van der Waals surface area contributed by atoms with Crippen LogP contribution in [-0.4, -0.2) is 45.9 Å². The van der Waals surface area contributed by atoms with Gasteiger partial charge in [0.2, 0.25) is 0 Å². The molecule has 3 heterocycles. The average Bonchev–Trinajstić information content (AvgIpc) is 3.54. The topological polar surface area (TPSA) is 75.4 Å². The van der Waals surface area contributed by atoms with Crippen molar-refractivity contribution in [2.24, 2.45) is 0 Å². The van der Waals surface area contributed by atoms with E-state index in [1.807, 2.05) is 26.0 Å². The summed E-state index contributed by atoms with van der Waals surface area (Å²) in [4.78, 5) is 33.4. The van der Waals surface area contributed by atoms with Crippen LogP contribution in [0.15, 0.2) is 52.9 Å². The monoisotopic (exact) mass is 495 g/mol. The second-order valence-corrected chi connectivity index (χ2v) is 10.3. The van der Waals surface area contributed by atoms with Crippen LogP contribution in [0.4, 0.5) is 4.39 Å². The Hall–Kier alpha value is -3.17. The normalized spacial score (nSPS) is 15.7. The number of benzene rings is 2. The molecule has 2 aromatic heterocycles. The molecule has 1 aliphatic rings. The molecule has 2 amide bonds. The molecule has 0 radical (unpaired) electrons. The molecule has 0 bridgehead atoms. The molecule has 0 spiro atoms. The molecule has 9 heteroatoms. The summed E-state index contributed by atoms with van der Waals surface area (Å²) in [5.74, 6) is 1.28. The number of halogens is 1. The summed E-state index contributed by atoms with van der Waals surface area (Å²) in [7, 11) is 0. The third kappa shape index (κ3) is 4.33. The van der Waals surface area contributed by atoms with E-state index in [2.05, 4.69) is 10.3 Å². The van der Waals surface area contributed by atoms with Crippen LogP contribution < -0.4 is 5.32 Å². The van der Waals surface area contributed by atoms with Gasteiger partial charge in [-0.15, -0.1) is 23.1 Å². The van der Waals surface area contributed by atoms with Crippen LogP contribution in [0.3, 0.4) is 0 Å². The summed E-state index contributed by atoms with van der Waals surface area (Å²) in [5.41, 5.74) is 2.35. The predicted octanol–water partition coefficient (Wildman–Crippen LogP) is 5.26. The molecule has 1 fully saturated rings. The highest BCUT2D eigenvalue weighted by molar-refractivity contribution is 7.99. The number of carbonyl (C=O) groups is 2. The van der Waals surface area contributed by atoms with Crippen LogP contribution >= 0.6 is 23.1 Å². The zero-order valence-corrected chi connectivity index (χ0v) is 20.3. The number of nitrogens with one attached hydrogen (secondary N) is 1. The molecule has 0 saturated carbocycles. The maximum Gasteiger partial charge on any atom is 0.275 e.